The van der Waals surface area contributed by atoms with Crippen LogP contribution in [0.2, 0.25) is 0 Å². The third-order valence-corrected chi connectivity index (χ3v) is 2.38. The lowest BCUT2D eigenvalue weighted by atomic mass is 10.0. The molecular weight excluding hydrogens is 202 g/mol. The third kappa shape index (κ3) is 2.46. The van der Waals surface area contributed by atoms with Crippen LogP contribution in [0.1, 0.15) is 25.3 Å². The lowest BCUT2D eigenvalue weighted by Crippen LogP contribution is -2.26. The van der Waals surface area contributed by atoms with Crippen molar-refractivity contribution in [2.45, 2.75) is 19.8 Å². The number of hydrazine groups is 1. The monoisotopic (exact) mass is 221 g/mol. The number of nitrogens with two attached hydrogens (primary N) is 2. The van der Waals surface area contributed by atoms with Gasteiger partial charge in [0.15, 0.2) is 0 Å². The average molecular weight is 221 g/mol. The van der Waals surface area contributed by atoms with Gasteiger partial charge in [0.05, 0.1) is 7.11 Å². The van der Waals surface area contributed by atoms with E-state index in [1.54, 1.807) is 13.3 Å². The molecule has 4 nitrogen and oxygen atoms in total. The summed E-state index contributed by atoms with van der Waals surface area (Å²) >= 11 is 0. The van der Waals surface area contributed by atoms with E-state index in [-0.39, 0.29) is 0 Å². The molecule has 0 unspecified atom stereocenters. The minimum atomic E-state index is 0.363. The van der Waals surface area contributed by atoms with Crippen molar-refractivity contribution in [3.63, 3.8) is 0 Å². The Balaban J connectivity index is 3.29. The quantitative estimate of drug-likeness (QED) is 0.602. The topological polar surface area (TPSA) is 64.5 Å². The molecule has 0 aliphatic heterocycles. The zero-order valence-corrected chi connectivity index (χ0v) is 9.97. The number of benzene rings is 1. The molecule has 0 radical (unpaired) electrons. The Labute approximate surface area is 96.5 Å². The minimum Gasteiger partial charge on any atom is -0.495 e. The fraction of sp³-hybridized carbons (Fsp3) is 0.333. The van der Waals surface area contributed by atoms with Crippen LogP contribution in [0.4, 0.5) is 5.69 Å². The van der Waals surface area contributed by atoms with Crippen LogP contribution in [0.25, 0.3) is 0 Å². The van der Waals surface area contributed by atoms with Gasteiger partial charge < -0.3 is 10.5 Å². The van der Waals surface area contributed by atoms with Crippen LogP contribution in [0.5, 0.6) is 5.75 Å². The second-order valence-corrected chi connectivity index (χ2v) is 3.80. The number of anilines is 1. The first kappa shape index (κ1) is 12.4. The Morgan fingerprint density at radius 1 is 1.38 bits per heavy atom. The molecule has 0 spiro atoms. The average Bonchev–Trinajstić information content (AvgIpc) is 2.28. The number of hydrogen-bond donors (Lipinski definition) is 2. The van der Waals surface area contributed by atoms with Gasteiger partial charge in [-0.15, -0.1) is 0 Å². The van der Waals surface area contributed by atoms with Crippen molar-refractivity contribution in [2.24, 2.45) is 11.6 Å². The van der Waals surface area contributed by atoms with Gasteiger partial charge in [-0.3, -0.25) is 5.01 Å². The van der Waals surface area contributed by atoms with E-state index < -0.39 is 0 Å². The van der Waals surface area contributed by atoms with Crippen molar-refractivity contribution in [1.29, 1.82) is 0 Å². The first-order valence-corrected chi connectivity index (χ1v) is 5.21. The maximum absolute atomic E-state index is 5.91. The van der Waals surface area contributed by atoms with Gasteiger partial charge in [-0.05, 0) is 17.5 Å². The molecule has 0 bridgehead atoms. The van der Waals surface area contributed by atoms with Crippen molar-refractivity contribution in [1.82, 2.24) is 0 Å². The van der Waals surface area contributed by atoms with E-state index in [9.17, 15) is 0 Å². The van der Waals surface area contributed by atoms with Crippen molar-refractivity contribution in [3.8, 4) is 5.75 Å². The molecule has 16 heavy (non-hydrogen) atoms. The Morgan fingerprint density at radius 3 is 2.56 bits per heavy atom. The number of methoxy groups -OCH3 is 1. The van der Waals surface area contributed by atoms with Crippen LogP contribution in [0, 0.1) is 0 Å². The van der Waals surface area contributed by atoms with E-state index in [0.29, 0.717) is 5.92 Å². The summed E-state index contributed by atoms with van der Waals surface area (Å²) in [7, 11) is 1.63. The zero-order chi connectivity index (χ0) is 12.1. The van der Waals surface area contributed by atoms with E-state index in [4.69, 9.17) is 16.3 Å². The molecule has 0 saturated carbocycles. The number of para-hydroxylation sites is 1. The van der Waals surface area contributed by atoms with Gasteiger partial charge in [0, 0.05) is 12.4 Å². The highest BCUT2D eigenvalue weighted by atomic mass is 16.5. The van der Waals surface area contributed by atoms with Crippen LogP contribution in [0.3, 0.4) is 0 Å². The van der Waals surface area contributed by atoms with Crippen LogP contribution < -0.4 is 21.3 Å². The molecule has 1 aromatic carbocycles. The van der Waals surface area contributed by atoms with E-state index in [1.807, 2.05) is 18.2 Å². The Hall–Kier alpha value is -1.68. The highest BCUT2D eigenvalue weighted by molar-refractivity contribution is 5.65. The molecule has 0 aromatic heterocycles. The molecule has 0 aliphatic carbocycles. The lowest BCUT2D eigenvalue weighted by molar-refractivity contribution is 0.414. The van der Waals surface area contributed by atoms with Crippen molar-refractivity contribution >= 4 is 5.69 Å². The predicted molar refractivity (Wildman–Crippen MR) is 67.1 cm³/mol. The van der Waals surface area contributed by atoms with Gasteiger partial charge in [-0.1, -0.05) is 26.0 Å². The largest absolute Gasteiger partial charge is 0.495 e. The summed E-state index contributed by atoms with van der Waals surface area (Å²) in [6.07, 6.45) is 3.00. The zero-order valence-electron chi connectivity index (χ0n) is 9.97. The molecule has 0 saturated heterocycles. The number of hydrogen-bond acceptors (Lipinski definition) is 4. The molecular formula is C12H19N3O. The molecule has 1 rings (SSSR count). The maximum Gasteiger partial charge on any atom is 0.144 e. The Bertz CT molecular complexity index is 375. The number of nitrogens with zero attached hydrogens (tertiary/aromatic N) is 1. The summed E-state index contributed by atoms with van der Waals surface area (Å²) in [4.78, 5) is 0. The Kier molecular flexibility index (Phi) is 4.19. The van der Waals surface area contributed by atoms with Crippen molar-refractivity contribution in [2.75, 3.05) is 12.1 Å². The lowest BCUT2D eigenvalue weighted by Gasteiger charge is -2.22. The second kappa shape index (κ2) is 5.42. The van der Waals surface area contributed by atoms with Gasteiger partial charge in [0.25, 0.3) is 0 Å². The van der Waals surface area contributed by atoms with Gasteiger partial charge >= 0.3 is 0 Å². The van der Waals surface area contributed by atoms with Gasteiger partial charge in [-0.2, -0.15) is 0 Å². The van der Waals surface area contributed by atoms with Crippen LogP contribution in [-0.2, 0) is 0 Å². The van der Waals surface area contributed by atoms with E-state index in [0.717, 1.165) is 17.0 Å². The Morgan fingerprint density at radius 2 is 2.06 bits per heavy atom. The standard InChI is InChI=1S/C12H19N3O/c1-9(2)10-5-4-6-11(16-3)12(10)15(14)8-7-13/h4-9H,13-14H2,1-3H3/b8-7-. The molecule has 0 heterocycles. The second-order valence-electron chi connectivity index (χ2n) is 3.80. The normalized spacial score (nSPS) is 11.1. The summed E-state index contributed by atoms with van der Waals surface area (Å²) < 4.78 is 5.31. The van der Waals surface area contributed by atoms with E-state index >= 15 is 0 Å². The van der Waals surface area contributed by atoms with E-state index in [1.165, 1.54) is 11.2 Å². The van der Waals surface area contributed by atoms with Crippen LogP contribution >= 0.6 is 0 Å². The number of ether oxygens (including phenoxy) is 1. The van der Waals surface area contributed by atoms with Crippen molar-refractivity contribution in [3.05, 3.63) is 36.2 Å². The summed E-state index contributed by atoms with van der Waals surface area (Å²) in [6, 6.07) is 5.87. The summed E-state index contributed by atoms with van der Waals surface area (Å²) in [5.74, 6) is 7.01. The molecule has 4 heteroatoms. The summed E-state index contributed by atoms with van der Waals surface area (Å²) in [5.41, 5.74) is 7.32. The first-order chi connectivity index (χ1) is 7.61. The van der Waals surface area contributed by atoms with Crippen LogP contribution in [-0.4, -0.2) is 7.11 Å². The molecule has 88 valence electrons. The van der Waals surface area contributed by atoms with Gasteiger partial charge in [-0.25, -0.2) is 5.84 Å². The number of rotatable bonds is 4. The molecule has 0 atom stereocenters. The first-order valence-electron chi connectivity index (χ1n) is 5.21. The van der Waals surface area contributed by atoms with Crippen molar-refractivity contribution < 1.29 is 4.74 Å². The predicted octanol–water partition coefficient (Wildman–Crippen LogP) is 1.93. The molecule has 0 fully saturated rings. The molecule has 1 aromatic rings. The van der Waals surface area contributed by atoms with Crippen LogP contribution in [0.15, 0.2) is 30.6 Å². The summed E-state index contributed by atoms with van der Waals surface area (Å²) in [5, 5.41) is 1.48. The molecule has 0 aliphatic rings. The highest BCUT2D eigenvalue weighted by Gasteiger charge is 2.14. The fourth-order valence-electron chi connectivity index (χ4n) is 1.61. The smallest absolute Gasteiger partial charge is 0.144 e. The summed E-state index contributed by atoms with van der Waals surface area (Å²) in [6.45, 7) is 4.22. The molecule has 0 amide bonds. The highest BCUT2D eigenvalue weighted by Crippen LogP contribution is 2.34. The van der Waals surface area contributed by atoms with E-state index in [2.05, 4.69) is 13.8 Å². The minimum absolute atomic E-state index is 0.363. The molecule has 4 N–H and O–H groups in total. The SMILES string of the molecule is COc1cccc(C(C)C)c1N(N)/C=C\N. The maximum atomic E-state index is 5.91. The van der Waals surface area contributed by atoms with Gasteiger partial charge in [0.2, 0.25) is 0 Å². The van der Waals surface area contributed by atoms with Gasteiger partial charge in [0.1, 0.15) is 11.4 Å². The third-order valence-electron chi connectivity index (χ3n) is 2.38. The fourth-order valence-corrected chi connectivity index (χ4v) is 1.61.